The zero-order valence-electron chi connectivity index (χ0n) is 8.62. The van der Waals surface area contributed by atoms with Crippen molar-refractivity contribution in [3.8, 4) is 0 Å². The van der Waals surface area contributed by atoms with Crippen LogP contribution in [0.25, 0.3) is 0 Å². The topological polar surface area (TPSA) is 91.9 Å². The van der Waals surface area contributed by atoms with E-state index in [1.54, 1.807) is 18.2 Å². The molecule has 2 N–H and O–H groups in total. The van der Waals surface area contributed by atoms with Gasteiger partial charge in [-0.15, -0.1) is 0 Å². The summed E-state index contributed by atoms with van der Waals surface area (Å²) in [5.41, 5.74) is 0.721. The Bertz CT molecular complexity index is 620. The summed E-state index contributed by atoms with van der Waals surface area (Å²) in [7, 11) is -3.68. The Morgan fingerprint density at radius 1 is 1.35 bits per heavy atom. The van der Waals surface area contributed by atoms with Crippen LogP contribution in [-0.2, 0) is 10.0 Å². The van der Waals surface area contributed by atoms with E-state index in [1.807, 2.05) is 0 Å². The largest absolute Gasteiger partial charge is 0.334 e. The molecule has 6 nitrogen and oxygen atoms in total. The van der Waals surface area contributed by atoms with Gasteiger partial charge in [0.15, 0.2) is 5.03 Å². The van der Waals surface area contributed by atoms with Crippen molar-refractivity contribution in [3.05, 3.63) is 42.4 Å². The summed E-state index contributed by atoms with van der Waals surface area (Å²) in [4.78, 5) is 16.7. The van der Waals surface area contributed by atoms with Crippen LogP contribution in [0, 0.1) is 0 Å². The summed E-state index contributed by atoms with van der Waals surface area (Å²) in [6.45, 7) is 0. The lowest BCUT2D eigenvalue weighted by molar-refractivity contribution is 0.112. The number of rotatable bonds is 4. The number of nitrogens with one attached hydrogen (secondary N) is 2. The average molecular weight is 251 g/mol. The van der Waals surface area contributed by atoms with Gasteiger partial charge in [0.25, 0.3) is 10.0 Å². The first-order chi connectivity index (χ1) is 8.12. The number of benzene rings is 1. The Morgan fingerprint density at radius 3 is 2.82 bits per heavy atom. The van der Waals surface area contributed by atoms with Gasteiger partial charge in [0.2, 0.25) is 0 Å². The Labute approximate surface area is 97.8 Å². The van der Waals surface area contributed by atoms with Gasteiger partial charge in [-0.3, -0.25) is 9.52 Å². The van der Waals surface area contributed by atoms with Crippen LogP contribution in [0.4, 0.5) is 5.69 Å². The van der Waals surface area contributed by atoms with E-state index < -0.39 is 10.0 Å². The highest BCUT2D eigenvalue weighted by molar-refractivity contribution is 7.92. The van der Waals surface area contributed by atoms with E-state index >= 15 is 0 Å². The Kier molecular flexibility index (Phi) is 2.92. The number of hydrogen-bond donors (Lipinski definition) is 2. The van der Waals surface area contributed by atoms with Gasteiger partial charge < -0.3 is 4.98 Å². The normalized spacial score (nSPS) is 11.1. The van der Waals surface area contributed by atoms with Gasteiger partial charge in [-0.25, -0.2) is 4.98 Å². The summed E-state index contributed by atoms with van der Waals surface area (Å²) in [5, 5.41) is -0.0333. The van der Waals surface area contributed by atoms with Crippen LogP contribution in [0.2, 0.25) is 0 Å². The number of sulfonamides is 1. The minimum Gasteiger partial charge on any atom is -0.334 e. The van der Waals surface area contributed by atoms with Crippen molar-refractivity contribution in [1.29, 1.82) is 0 Å². The van der Waals surface area contributed by atoms with Crippen LogP contribution in [0.15, 0.2) is 41.8 Å². The van der Waals surface area contributed by atoms with Gasteiger partial charge in [0.05, 0.1) is 12.5 Å². The molecule has 0 spiro atoms. The van der Waals surface area contributed by atoms with E-state index in [0.717, 1.165) is 0 Å². The predicted molar refractivity (Wildman–Crippen MR) is 61.2 cm³/mol. The van der Waals surface area contributed by atoms with Crippen molar-refractivity contribution in [1.82, 2.24) is 9.97 Å². The van der Waals surface area contributed by atoms with Crippen LogP contribution in [0.5, 0.6) is 0 Å². The van der Waals surface area contributed by atoms with Crippen molar-refractivity contribution < 1.29 is 13.2 Å². The van der Waals surface area contributed by atoms with Gasteiger partial charge >= 0.3 is 0 Å². The lowest BCUT2D eigenvalue weighted by Gasteiger charge is -2.05. The number of aromatic nitrogens is 2. The number of hydrogen-bond acceptors (Lipinski definition) is 4. The molecule has 2 aromatic rings. The molecule has 0 fully saturated rings. The maximum atomic E-state index is 11.8. The standard InChI is InChI=1S/C10H9N3O3S/c14-6-8-2-1-3-9(4-8)13-17(15,16)10-5-11-7-12-10/h1-7,13H,(H,11,12). The second kappa shape index (κ2) is 4.38. The average Bonchev–Trinajstić information content (AvgIpc) is 2.83. The van der Waals surface area contributed by atoms with E-state index in [4.69, 9.17) is 0 Å². The lowest BCUT2D eigenvalue weighted by Crippen LogP contribution is -2.13. The predicted octanol–water partition coefficient (Wildman–Crippen LogP) is 1.02. The monoisotopic (exact) mass is 251 g/mol. The molecule has 88 valence electrons. The SMILES string of the molecule is O=Cc1cccc(NS(=O)(=O)c2cnc[nH]2)c1. The number of anilines is 1. The Hall–Kier alpha value is -2.15. The van der Waals surface area contributed by atoms with Crippen LogP contribution < -0.4 is 4.72 Å². The molecule has 0 amide bonds. The number of nitrogens with zero attached hydrogens (tertiary/aromatic N) is 1. The molecular weight excluding hydrogens is 242 g/mol. The molecule has 0 aliphatic carbocycles. The summed E-state index contributed by atoms with van der Waals surface area (Å²) >= 11 is 0. The first-order valence-electron chi connectivity index (χ1n) is 4.68. The Morgan fingerprint density at radius 2 is 2.18 bits per heavy atom. The van der Waals surface area contributed by atoms with Gasteiger partial charge in [0, 0.05) is 11.3 Å². The lowest BCUT2D eigenvalue weighted by atomic mass is 10.2. The Balaban J connectivity index is 2.29. The summed E-state index contributed by atoms with van der Waals surface area (Å²) in [5.74, 6) is 0. The van der Waals surface area contributed by atoms with E-state index in [9.17, 15) is 13.2 Å². The molecule has 0 unspecified atom stereocenters. The fraction of sp³-hybridized carbons (Fsp3) is 0. The van der Waals surface area contributed by atoms with E-state index in [0.29, 0.717) is 17.5 Å². The summed E-state index contributed by atoms with van der Waals surface area (Å²) < 4.78 is 25.9. The summed E-state index contributed by atoms with van der Waals surface area (Å²) in [6, 6.07) is 6.18. The molecule has 1 aromatic carbocycles. The van der Waals surface area contributed by atoms with Crippen molar-refractivity contribution in [3.63, 3.8) is 0 Å². The molecule has 0 aliphatic rings. The third kappa shape index (κ3) is 2.51. The second-order valence-electron chi connectivity index (χ2n) is 3.26. The molecule has 0 aliphatic heterocycles. The number of carbonyl (C=O) groups excluding carboxylic acids is 1. The van der Waals surface area contributed by atoms with Crippen LogP contribution >= 0.6 is 0 Å². The van der Waals surface area contributed by atoms with Crippen molar-refractivity contribution >= 4 is 22.0 Å². The molecule has 1 aromatic heterocycles. The minimum atomic E-state index is -3.68. The smallest absolute Gasteiger partial charge is 0.278 e. The molecule has 0 saturated carbocycles. The molecular formula is C10H9N3O3S. The molecule has 7 heteroatoms. The second-order valence-corrected chi connectivity index (χ2v) is 4.92. The molecule has 1 heterocycles. The minimum absolute atomic E-state index is 0.0333. The van der Waals surface area contributed by atoms with Gasteiger partial charge in [-0.2, -0.15) is 8.42 Å². The first-order valence-corrected chi connectivity index (χ1v) is 6.16. The van der Waals surface area contributed by atoms with Crippen molar-refractivity contribution in [2.24, 2.45) is 0 Å². The maximum absolute atomic E-state index is 11.8. The summed E-state index contributed by atoms with van der Waals surface area (Å²) in [6.07, 6.45) is 3.12. The van der Waals surface area contributed by atoms with Crippen LogP contribution in [-0.4, -0.2) is 24.7 Å². The third-order valence-electron chi connectivity index (χ3n) is 2.04. The van der Waals surface area contributed by atoms with Gasteiger partial charge in [0.1, 0.15) is 6.29 Å². The van der Waals surface area contributed by atoms with Crippen molar-refractivity contribution in [2.45, 2.75) is 5.03 Å². The molecule has 0 radical (unpaired) electrons. The number of carbonyl (C=O) groups is 1. The highest BCUT2D eigenvalue weighted by atomic mass is 32.2. The van der Waals surface area contributed by atoms with Gasteiger partial charge in [-0.1, -0.05) is 12.1 Å². The quantitative estimate of drug-likeness (QED) is 0.793. The fourth-order valence-corrected chi connectivity index (χ4v) is 2.23. The zero-order valence-corrected chi connectivity index (χ0v) is 9.44. The molecule has 0 saturated heterocycles. The van der Waals surface area contributed by atoms with E-state index in [1.165, 1.54) is 18.6 Å². The van der Waals surface area contributed by atoms with Crippen LogP contribution in [0.1, 0.15) is 10.4 Å². The highest BCUT2D eigenvalue weighted by Crippen LogP contribution is 2.14. The third-order valence-corrected chi connectivity index (χ3v) is 3.34. The van der Waals surface area contributed by atoms with E-state index in [2.05, 4.69) is 14.7 Å². The number of aromatic amines is 1. The molecule has 0 bridgehead atoms. The number of H-pyrrole nitrogens is 1. The fourth-order valence-electron chi connectivity index (χ4n) is 1.28. The zero-order chi connectivity index (χ0) is 12.3. The van der Waals surface area contributed by atoms with E-state index in [-0.39, 0.29) is 5.03 Å². The van der Waals surface area contributed by atoms with Gasteiger partial charge in [-0.05, 0) is 12.1 Å². The molecule has 2 rings (SSSR count). The molecule has 0 atom stereocenters. The highest BCUT2D eigenvalue weighted by Gasteiger charge is 2.15. The maximum Gasteiger partial charge on any atom is 0.278 e. The van der Waals surface area contributed by atoms with Crippen molar-refractivity contribution in [2.75, 3.05) is 4.72 Å². The number of imidazole rings is 1. The number of aldehydes is 1. The molecule has 17 heavy (non-hydrogen) atoms. The first kappa shape index (κ1) is 11.3. The van der Waals surface area contributed by atoms with Crippen LogP contribution in [0.3, 0.4) is 0 Å².